The second-order valence-corrected chi connectivity index (χ2v) is 5.21. The maximum atomic E-state index is 9.44. The topological polar surface area (TPSA) is 35.5 Å². The molecule has 4 heteroatoms. The van der Waals surface area contributed by atoms with E-state index in [1.807, 2.05) is 51.0 Å². The van der Waals surface area contributed by atoms with E-state index in [4.69, 9.17) is 11.6 Å². The van der Waals surface area contributed by atoms with Crippen LogP contribution < -0.4 is 10.2 Å². The minimum Gasteiger partial charge on any atom is -0.394 e. The highest BCUT2D eigenvalue weighted by Crippen LogP contribution is 2.33. The fraction of sp³-hybridized carbons (Fsp3) is 0.538. The number of nitrogens with one attached hydrogen (secondary N) is 1. The minimum atomic E-state index is -0.340. The van der Waals surface area contributed by atoms with Gasteiger partial charge in [0, 0.05) is 13.6 Å². The van der Waals surface area contributed by atoms with Crippen LogP contribution in [0.4, 0.5) is 5.69 Å². The maximum absolute atomic E-state index is 9.44. The molecule has 0 heterocycles. The summed E-state index contributed by atoms with van der Waals surface area (Å²) in [4.78, 5) is 2.03. The molecule has 0 spiro atoms. The molecule has 0 aliphatic heterocycles. The van der Waals surface area contributed by atoms with Crippen molar-refractivity contribution in [3.63, 3.8) is 0 Å². The molecular formula is C13H21ClN2O. The molecule has 0 bridgehead atoms. The third kappa shape index (κ3) is 3.12. The third-order valence-electron chi connectivity index (χ3n) is 3.07. The molecule has 0 aliphatic rings. The van der Waals surface area contributed by atoms with E-state index in [2.05, 4.69) is 5.32 Å². The van der Waals surface area contributed by atoms with Gasteiger partial charge in [0.1, 0.15) is 0 Å². The molecule has 1 aromatic rings. The molecule has 1 aromatic carbocycles. The Bertz CT molecular complexity index is 380. The number of anilines is 1. The standard InChI is InChI=1S/C13H21ClN2O/c1-13(2,9-17)16(4)12-10(8-15-3)6-5-7-11(12)14/h5-7,15,17H,8-9H2,1-4H3. The summed E-state index contributed by atoms with van der Waals surface area (Å²) >= 11 is 6.27. The zero-order valence-electron chi connectivity index (χ0n) is 10.9. The van der Waals surface area contributed by atoms with E-state index < -0.39 is 0 Å². The van der Waals surface area contributed by atoms with Crippen molar-refractivity contribution in [2.24, 2.45) is 0 Å². The summed E-state index contributed by atoms with van der Waals surface area (Å²) in [7, 11) is 3.86. The SMILES string of the molecule is CNCc1cccc(Cl)c1N(C)C(C)(C)CO. The zero-order valence-corrected chi connectivity index (χ0v) is 11.7. The van der Waals surface area contributed by atoms with Crippen LogP contribution >= 0.6 is 11.6 Å². The highest BCUT2D eigenvalue weighted by atomic mass is 35.5. The molecule has 0 saturated heterocycles. The number of rotatable bonds is 5. The molecule has 0 amide bonds. The number of aliphatic hydroxyl groups excluding tert-OH is 1. The van der Waals surface area contributed by atoms with Crippen molar-refractivity contribution in [2.45, 2.75) is 25.9 Å². The van der Waals surface area contributed by atoms with E-state index in [9.17, 15) is 5.11 Å². The van der Waals surface area contributed by atoms with Crippen molar-refractivity contribution in [3.05, 3.63) is 28.8 Å². The van der Waals surface area contributed by atoms with Crippen LogP contribution in [0.1, 0.15) is 19.4 Å². The Morgan fingerprint density at radius 1 is 1.41 bits per heavy atom. The Balaban J connectivity index is 3.19. The molecule has 0 aromatic heterocycles. The van der Waals surface area contributed by atoms with Crippen LogP contribution in [-0.2, 0) is 6.54 Å². The van der Waals surface area contributed by atoms with Gasteiger partial charge in [-0.15, -0.1) is 0 Å². The van der Waals surface area contributed by atoms with Crippen molar-refractivity contribution in [3.8, 4) is 0 Å². The van der Waals surface area contributed by atoms with Gasteiger partial charge in [-0.3, -0.25) is 0 Å². The van der Waals surface area contributed by atoms with Gasteiger partial charge in [0.05, 0.1) is 22.9 Å². The molecule has 0 saturated carbocycles. The monoisotopic (exact) mass is 256 g/mol. The predicted molar refractivity (Wildman–Crippen MR) is 73.8 cm³/mol. The lowest BCUT2D eigenvalue weighted by Crippen LogP contribution is -2.45. The van der Waals surface area contributed by atoms with E-state index in [0.29, 0.717) is 5.02 Å². The van der Waals surface area contributed by atoms with Crippen LogP contribution in [0, 0.1) is 0 Å². The molecule has 2 N–H and O–H groups in total. The number of benzene rings is 1. The van der Waals surface area contributed by atoms with Gasteiger partial charge < -0.3 is 15.3 Å². The van der Waals surface area contributed by atoms with Crippen LogP contribution in [0.25, 0.3) is 0 Å². The van der Waals surface area contributed by atoms with Gasteiger partial charge in [0.2, 0.25) is 0 Å². The van der Waals surface area contributed by atoms with Crippen LogP contribution in [0.3, 0.4) is 0 Å². The normalized spacial score (nSPS) is 11.6. The van der Waals surface area contributed by atoms with E-state index >= 15 is 0 Å². The minimum absolute atomic E-state index is 0.0771. The fourth-order valence-electron chi connectivity index (χ4n) is 1.68. The van der Waals surface area contributed by atoms with Crippen LogP contribution in [-0.4, -0.2) is 31.3 Å². The van der Waals surface area contributed by atoms with E-state index in [0.717, 1.165) is 17.8 Å². The Labute approximate surface area is 108 Å². The van der Waals surface area contributed by atoms with Crippen LogP contribution in [0.5, 0.6) is 0 Å². The van der Waals surface area contributed by atoms with Gasteiger partial charge in [-0.25, -0.2) is 0 Å². The Hall–Kier alpha value is -0.770. The molecule has 1 rings (SSSR count). The van der Waals surface area contributed by atoms with E-state index in [1.54, 1.807) is 0 Å². The summed E-state index contributed by atoms with van der Waals surface area (Å²) in [5, 5.41) is 13.3. The van der Waals surface area contributed by atoms with Gasteiger partial charge in [-0.2, -0.15) is 0 Å². The quantitative estimate of drug-likeness (QED) is 0.849. The lowest BCUT2D eigenvalue weighted by molar-refractivity contribution is 0.216. The summed E-state index contributed by atoms with van der Waals surface area (Å²) < 4.78 is 0. The van der Waals surface area contributed by atoms with Crippen molar-refractivity contribution in [1.82, 2.24) is 5.32 Å². The number of hydrogen-bond donors (Lipinski definition) is 2. The summed E-state index contributed by atoms with van der Waals surface area (Å²) in [6, 6.07) is 5.86. The largest absolute Gasteiger partial charge is 0.394 e. The Morgan fingerprint density at radius 3 is 2.59 bits per heavy atom. The summed E-state index contributed by atoms with van der Waals surface area (Å²) in [5.74, 6) is 0. The highest BCUT2D eigenvalue weighted by molar-refractivity contribution is 6.33. The number of likely N-dealkylation sites (N-methyl/N-ethyl adjacent to an activating group) is 1. The molecular weight excluding hydrogens is 236 g/mol. The molecule has 17 heavy (non-hydrogen) atoms. The van der Waals surface area contributed by atoms with Gasteiger partial charge in [0.15, 0.2) is 0 Å². The second-order valence-electron chi connectivity index (χ2n) is 4.81. The third-order valence-corrected chi connectivity index (χ3v) is 3.37. The highest BCUT2D eigenvalue weighted by Gasteiger charge is 2.25. The van der Waals surface area contributed by atoms with Crippen molar-refractivity contribution < 1.29 is 5.11 Å². The van der Waals surface area contributed by atoms with Crippen LogP contribution in [0.15, 0.2) is 18.2 Å². The average Bonchev–Trinajstić information content (AvgIpc) is 2.29. The number of nitrogens with zero attached hydrogens (tertiary/aromatic N) is 1. The number of aliphatic hydroxyl groups is 1. The van der Waals surface area contributed by atoms with E-state index in [1.165, 1.54) is 0 Å². The second kappa shape index (κ2) is 5.71. The first-order valence-corrected chi connectivity index (χ1v) is 6.08. The van der Waals surface area contributed by atoms with Gasteiger partial charge in [-0.1, -0.05) is 23.7 Å². The number of hydrogen-bond acceptors (Lipinski definition) is 3. The van der Waals surface area contributed by atoms with Crippen molar-refractivity contribution >= 4 is 17.3 Å². The summed E-state index contributed by atoms with van der Waals surface area (Å²) in [6.07, 6.45) is 0. The first-order valence-electron chi connectivity index (χ1n) is 5.70. The smallest absolute Gasteiger partial charge is 0.0658 e. The lowest BCUT2D eigenvalue weighted by Gasteiger charge is -2.37. The molecule has 96 valence electrons. The molecule has 0 aliphatic carbocycles. The number of para-hydroxylation sites is 1. The van der Waals surface area contributed by atoms with Crippen LogP contribution in [0.2, 0.25) is 5.02 Å². The summed E-state index contributed by atoms with van der Waals surface area (Å²) in [5.41, 5.74) is 1.76. The predicted octanol–water partition coefficient (Wildman–Crippen LogP) is 2.27. The summed E-state index contributed by atoms with van der Waals surface area (Å²) in [6.45, 7) is 4.80. The Kier molecular flexibility index (Phi) is 4.80. The average molecular weight is 257 g/mol. The lowest BCUT2D eigenvalue weighted by atomic mass is 10.0. The molecule has 3 nitrogen and oxygen atoms in total. The fourth-order valence-corrected chi connectivity index (χ4v) is 2.00. The molecule has 0 radical (unpaired) electrons. The van der Waals surface area contributed by atoms with E-state index in [-0.39, 0.29) is 12.1 Å². The first kappa shape index (κ1) is 14.3. The molecule has 0 atom stereocenters. The molecule has 0 unspecified atom stereocenters. The zero-order chi connectivity index (χ0) is 13.1. The number of halogens is 1. The van der Waals surface area contributed by atoms with Gasteiger partial charge in [-0.05, 0) is 32.5 Å². The van der Waals surface area contributed by atoms with Crippen molar-refractivity contribution in [2.75, 3.05) is 25.6 Å². The van der Waals surface area contributed by atoms with Crippen molar-refractivity contribution in [1.29, 1.82) is 0 Å². The Morgan fingerprint density at radius 2 is 2.06 bits per heavy atom. The maximum Gasteiger partial charge on any atom is 0.0658 e. The first-order chi connectivity index (χ1) is 7.94. The van der Waals surface area contributed by atoms with Gasteiger partial charge >= 0.3 is 0 Å². The van der Waals surface area contributed by atoms with Gasteiger partial charge in [0.25, 0.3) is 0 Å². The molecule has 0 fully saturated rings.